The number of carbonyl (C=O) groups excluding carboxylic acids is 2. The molecule has 6 heteroatoms. The zero-order valence-corrected chi connectivity index (χ0v) is 17.7. The van der Waals surface area contributed by atoms with Gasteiger partial charge < -0.3 is 15.0 Å². The Morgan fingerprint density at radius 1 is 1.07 bits per heavy atom. The molecule has 0 atom stereocenters. The average Bonchev–Trinajstić information content (AvgIpc) is 2.77. The van der Waals surface area contributed by atoms with Crippen molar-refractivity contribution in [2.75, 3.05) is 19.7 Å². The third-order valence-corrected chi connectivity index (χ3v) is 5.36. The molecule has 0 unspecified atom stereocenters. The van der Waals surface area contributed by atoms with Gasteiger partial charge in [-0.1, -0.05) is 54.1 Å². The number of piperidine rings is 1. The Hall–Kier alpha value is -2.79. The standard InChI is InChI=1S/C24H27ClN2O3/c25-21-9-4-5-10-22(21)30-18-6-11-24(29)27-16-14-20(15-17-27)26-23(28)13-12-19-7-2-1-3-8-19/h1-5,7-10,12-13,20H,6,11,14-18H2,(H,26,28)/b13-12+. The molecule has 0 radical (unpaired) electrons. The number of para-hydroxylation sites is 1. The van der Waals surface area contributed by atoms with Gasteiger partial charge in [0.15, 0.2) is 0 Å². The van der Waals surface area contributed by atoms with E-state index in [4.69, 9.17) is 16.3 Å². The molecule has 2 aromatic carbocycles. The molecule has 5 nitrogen and oxygen atoms in total. The highest BCUT2D eigenvalue weighted by molar-refractivity contribution is 6.32. The third-order valence-electron chi connectivity index (χ3n) is 5.05. The zero-order chi connectivity index (χ0) is 21.2. The Balaban J connectivity index is 1.32. The van der Waals surface area contributed by atoms with E-state index in [2.05, 4.69) is 5.32 Å². The molecule has 0 bridgehead atoms. The summed E-state index contributed by atoms with van der Waals surface area (Å²) in [7, 11) is 0. The van der Waals surface area contributed by atoms with E-state index >= 15 is 0 Å². The van der Waals surface area contributed by atoms with Crippen LogP contribution in [0, 0.1) is 0 Å². The fraction of sp³-hybridized carbons (Fsp3) is 0.333. The van der Waals surface area contributed by atoms with E-state index in [0.717, 1.165) is 18.4 Å². The molecular formula is C24H27ClN2O3. The fourth-order valence-electron chi connectivity index (χ4n) is 3.38. The zero-order valence-electron chi connectivity index (χ0n) is 16.9. The van der Waals surface area contributed by atoms with Crippen LogP contribution in [-0.4, -0.2) is 42.5 Å². The van der Waals surface area contributed by atoms with E-state index in [0.29, 0.717) is 43.3 Å². The number of hydrogen-bond acceptors (Lipinski definition) is 3. The molecule has 3 rings (SSSR count). The Labute approximate surface area is 182 Å². The van der Waals surface area contributed by atoms with E-state index in [1.54, 1.807) is 18.2 Å². The van der Waals surface area contributed by atoms with Crippen LogP contribution in [0.3, 0.4) is 0 Å². The molecule has 1 aliphatic heterocycles. The highest BCUT2D eigenvalue weighted by Gasteiger charge is 2.23. The highest BCUT2D eigenvalue weighted by Crippen LogP contribution is 2.23. The molecule has 2 aromatic rings. The lowest BCUT2D eigenvalue weighted by molar-refractivity contribution is -0.132. The number of nitrogens with zero attached hydrogens (tertiary/aromatic N) is 1. The van der Waals surface area contributed by atoms with Crippen LogP contribution in [0.4, 0.5) is 0 Å². The molecular weight excluding hydrogens is 400 g/mol. The number of halogens is 1. The van der Waals surface area contributed by atoms with E-state index in [1.165, 1.54) is 0 Å². The maximum Gasteiger partial charge on any atom is 0.244 e. The molecule has 2 amide bonds. The largest absolute Gasteiger partial charge is 0.492 e. The van der Waals surface area contributed by atoms with Gasteiger partial charge in [-0.05, 0) is 43.0 Å². The number of carbonyl (C=O) groups is 2. The molecule has 0 aromatic heterocycles. The van der Waals surface area contributed by atoms with E-state index in [9.17, 15) is 9.59 Å². The number of benzene rings is 2. The van der Waals surface area contributed by atoms with Crippen molar-refractivity contribution >= 4 is 29.5 Å². The second-order valence-electron chi connectivity index (χ2n) is 7.29. The first-order valence-corrected chi connectivity index (χ1v) is 10.7. The van der Waals surface area contributed by atoms with Crippen LogP contribution < -0.4 is 10.1 Å². The molecule has 0 spiro atoms. The van der Waals surface area contributed by atoms with Crippen molar-refractivity contribution in [3.05, 3.63) is 71.3 Å². The van der Waals surface area contributed by atoms with E-state index in [1.807, 2.05) is 53.4 Å². The van der Waals surface area contributed by atoms with Crippen molar-refractivity contribution in [3.63, 3.8) is 0 Å². The summed E-state index contributed by atoms with van der Waals surface area (Å²) in [5.74, 6) is 0.677. The summed E-state index contributed by atoms with van der Waals surface area (Å²) in [5, 5.41) is 3.60. The first-order valence-electron chi connectivity index (χ1n) is 10.3. The van der Waals surface area contributed by atoms with E-state index in [-0.39, 0.29) is 17.9 Å². The lowest BCUT2D eigenvalue weighted by Crippen LogP contribution is -2.46. The smallest absolute Gasteiger partial charge is 0.244 e. The predicted octanol–water partition coefficient (Wildman–Crippen LogP) is 4.32. The van der Waals surface area contributed by atoms with Crippen molar-refractivity contribution in [1.82, 2.24) is 10.2 Å². The minimum atomic E-state index is -0.0969. The van der Waals surface area contributed by atoms with Crippen LogP contribution in [0.2, 0.25) is 5.02 Å². The molecule has 1 heterocycles. The second kappa shape index (κ2) is 11.4. The summed E-state index contributed by atoms with van der Waals surface area (Å²) in [6.07, 6.45) is 6.00. The number of rotatable bonds is 8. The number of ether oxygens (including phenoxy) is 1. The summed E-state index contributed by atoms with van der Waals surface area (Å²) >= 11 is 6.05. The predicted molar refractivity (Wildman–Crippen MR) is 119 cm³/mol. The number of nitrogens with one attached hydrogen (secondary N) is 1. The van der Waals surface area contributed by atoms with Crippen molar-refractivity contribution in [1.29, 1.82) is 0 Å². The fourth-order valence-corrected chi connectivity index (χ4v) is 3.57. The summed E-state index contributed by atoms with van der Waals surface area (Å²) in [4.78, 5) is 26.4. The summed E-state index contributed by atoms with van der Waals surface area (Å²) in [5.41, 5.74) is 0.992. The van der Waals surface area contributed by atoms with Crippen LogP contribution in [0.15, 0.2) is 60.7 Å². The lowest BCUT2D eigenvalue weighted by Gasteiger charge is -2.32. The Kier molecular flexibility index (Phi) is 8.33. The number of hydrogen-bond donors (Lipinski definition) is 1. The first-order chi connectivity index (χ1) is 14.6. The van der Waals surface area contributed by atoms with Gasteiger partial charge in [-0.3, -0.25) is 9.59 Å². The van der Waals surface area contributed by atoms with E-state index < -0.39 is 0 Å². The topological polar surface area (TPSA) is 58.6 Å². The Bertz CT molecular complexity index is 862. The second-order valence-corrected chi connectivity index (χ2v) is 7.70. The number of likely N-dealkylation sites (tertiary alicyclic amines) is 1. The molecule has 158 valence electrons. The van der Waals surface area contributed by atoms with Crippen LogP contribution in [-0.2, 0) is 9.59 Å². The van der Waals surface area contributed by atoms with Gasteiger partial charge in [0.1, 0.15) is 5.75 Å². The quantitative estimate of drug-likeness (QED) is 0.505. The van der Waals surface area contributed by atoms with Crippen molar-refractivity contribution < 1.29 is 14.3 Å². The minimum absolute atomic E-state index is 0.0969. The van der Waals surface area contributed by atoms with Gasteiger partial charge in [0.25, 0.3) is 0 Å². The van der Waals surface area contributed by atoms with Crippen molar-refractivity contribution in [2.24, 2.45) is 0 Å². The third kappa shape index (κ3) is 6.92. The summed E-state index contributed by atoms with van der Waals surface area (Å²) in [6.45, 7) is 1.78. The Morgan fingerprint density at radius 3 is 2.50 bits per heavy atom. The van der Waals surface area contributed by atoms with Gasteiger partial charge in [-0.15, -0.1) is 0 Å². The normalized spacial score (nSPS) is 14.6. The molecule has 1 N–H and O–H groups in total. The molecule has 0 aliphatic carbocycles. The van der Waals surface area contributed by atoms with Crippen LogP contribution in [0.25, 0.3) is 6.08 Å². The summed E-state index contributed by atoms with van der Waals surface area (Å²) in [6, 6.07) is 17.1. The first kappa shape index (κ1) is 21.9. The van der Waals surface area contributed by atoms with Gasteiger partial charge in [-0.25, -0.2) is 0 Å². The molecule has 1 aliphatic rings. The lowest BCUT2D eigenvalue weighted by atomic mass is 10.0. The van der Waals surface area contributed by atoms with Crippen LogP contribution in [0.5, 0.6) is 5.75 Å². The van der Waals surface area contributed by atoms with Gasteiger partial charge in [0, 0.05) is 31.6 Å². The minimum Gasteiger partial charge on any atom is -0.492 e. The SMILES string of the molecule is O=C(/C=C/c1ccccc1)NC1CCN(C(=O)CCCOc2ccccc2Cl)CC1. The Morgan fingerprint density at radius 2 is 1.77 bits per heavy atom. The molecule has 30 heavy (non-hydrogen) atoms. The van der Waals surface area contributed by atoms with Crippen molar-refractivity contribution in [2.45, 2.75) is 31.7 Å². The van der Waals surface area contributed by atoms with Gasteiger partial charge >= 0.3 is 0 Å². The average molecular weight is 427 g/mol. The molecule has 0 saturated carbocycles. The van der Waals surface area contributed by atoms with Gasteiger partial charge in [-0.2, -0.15) is 0 Å². The highest BCUT2D eigenvalue weighted by atomic mass is 35.5. The van der Waals surface area contributed by atoms with Crippen LogP contribution in [0.1, 0.15) is 31.2 Å². The maximum absolute atomic E-state index is 12.4. The van der Waals surface area contributed by atoms with Gasteiger partial charge in [0.05, 0.1) is 11.6 Å². The number of amides is 2. The monoisotopic (exact) mass is 426 g/mol. The van der Waals surface area contributed by atoms with Crippen LogP contribution >= 0.6 is 11.6 Å². The molecule has 1 saturated heterocycles. The molecule has 1 fully saturated rings. The maximum atomic E-state index is 12.4. The van der Waals surface area contributed by atoms with Crippen molar-refractivity contribution in [3.8, 4) is 5.75 Å². The van der Waals surface area contributed by atoms with Gasteiger partial charge in [0.2, 0.25) is 11.8 Å². The summed E-state index contributed by atoms with van der Waals surface area (Å²) < 4.78 is 5.63.